The fraction of sp³-hybridized carbons (Fsp3) is 0.900. The molecule has 0 spiro atoms. The predicted octanol–water partition coefficient (Wildman–Crippen LogP) is 1.38. The smallest absolute Gasteiger partial charge is 0.323 e. The number of carbonyl (C=O) groups is 1. The van der Waals surface area contributed by atoms with Gasteiger partial charge < -0.3 is 4.74 Å². The van der Waals surface area contributed by atoms with Crippen molar-refractivity contribution < 1.29 is 9.53 Å². The monoisotopic (exact) mass is 217 g/mol. The zero-order valence-corrected chi connectivity index (χ0v) is 9.97. The highest BCUT2D eigenvalue weighted by atomic mass is 32.2. The van der Waals surface area contributed by atoms with Gasteiger partial charge in [0, 0.05) is 24.1 Å². The van der Waals surface area contributed by atoms with E-state index in [4.69, 9.17) is 4.74 Å². The van der Waals surface area contributed by atoms with Crippen molar-refractivity contribution >= 4 is 17.7 Å². The van der Waals surface area contributed by atoms with Crippen LogP contribution in [-0.2, 0) is 9.53 Å². The lowest BCUT2D eigenvalue weighted by Crippen LogP contribution is -2.49. The maximum atomic E-state index is 11.5. The third kappa shape index (κ3) is 2.89. The van der Waals surface area contributed by atoms with Crippen molar-refractivity contribution in [1.29, 1.82) is 0 Å². The van der Waals surface area contributed by atoms with Gasteiger partial charge in [0.2, 0.25) is 0 Å². The molecule has 82 valence electrons. The average molecular weight is 217 g/mol. The van der Waals surface area contributed by atoms with Gasteiger partial charge in [0.05, 0.1) is 6.61 Å². The molecule has 1 heterocycles. The highest BCUT2D eigenvalue weighted by Gasteiger charge is 2.28. The van der Waals surface area contributed by atoms with Crippen LogP contribution in [0.4, 0.5) is 0 Å². The Hall–Kier alpha value is -0.220. The summed E-state index contributed by atoms with van der Waals surface area (Å²) in [5.74, 6) is 2.14. The fourth-order valence-corrected chi connectivity index (χ4v) is 2.75. The Labute approximate surface area is 90.2 Å². The third-order valence-corrected chi connectivity index (χ3v) is 3.73. The standard InChI is InChI=1S/C10H19NO2S/c1-4-13-10(12)9(3)11-5-6-14-7-8(11)2/h8-9H,4-7H2,1-3H3. The van der Waals surface area contributed by atoms with Gasteiger partial charge in [-0.25, -0.2) is 0 Å². The van der Waals surface area contributed by atoms with Gasteiger partial charge in [0.25, 0.3) is 0 Å². The van der Waals surface area contributed by atoms with Gasteiger partial charge in [-0.3, -0.25) is 9.69 Å². The van der Waals surface area contributed by atoms with Crippen LogP contribution in [0, 0.1) is 0 Å². The van der Waals surface area contributed by atoms with Crippen molar-refractivity contribution in [2.24, 2.45) is 0 Å². The molecule has 3 nitrogen and oxygen atoms in total. The third-order valence-electron chi connectivity index (χ3n) is 2.54. The number of ether oxygens (including phenoxy) is 1. The molecule has 0 aromatic heterocycles. The molecular formula is C10H19NO2S. The number of esters is 1. The first-order valence-electron chi connectivity index (χ1n) is 5.17. The molecule has 1 fully saturated rings. The van der Waals surface area contributed by atoms with E-state index < -0.39 is 0 Å². The Morgan fingerprint density at radius 3 is 3.00 bits per heavy atom. The summed E-state index contributed by atoms with van der Waals surface area (Å²) in [7, 11) is 0. The fourth-order valence-electron chi connectivity index (χ4n) is 1.71. The zero-order chi connectivity index (χ0) is 10.6. The molecule has 0 aromatic rings. The van der Waals surface area contributed by atoms with Crippen LogP contribution in [0.2, 0.25) is 0 Å². The molecule has 14 heavy (non-hydrogen) atoms. The Morgan fingerprint density at radius 1 is 1.71 bits per heavy atom. The largest absolute Gasteiger partial charge is 0.465 e. The van der Waals surface area contributed by atoms with Crippen molar-refractivity contribution in [1.82, 2.24) is 4.90 Å². The number of hydrogen-bond donors (Lipinski definition) is 0. The minimum absolute atomic E-state index is 0.0914. The van der Waals surface area contributed by atoms with Crippen molar-refractivity contribution in [3.8, 4) is 0 Å². The van der Waals surface area contributed by atoms with Crippen LogP contribution in [0.3, 0.4) is 0 Å². The van der Waals surface area contributed by atoms with Crippen molar-refractivity contribution in [3.05, 3.63) is 0 Å². The lowest BCUT2D eigenvalue weighted by atomic mass is 10.2. The van der Waals surface area contributed by atoms with Gasteiger partial charge in [-0.2, -0.15) is 11.8 Å². The van der Waals surface area contributed by atoms with Crippen LogP contribution < -0.4 is 0 Å². The van der Waals surface area contributed by atoms with E-state index in [0.717, 1.165) is 18.1 Å². The molecule has 4 heteroatoms. The molecule has 0 amide bonds. The summed E-state index contributed by atoms with van der Waals surface area (Å²) in [5.41, 5.74) is 0. The van der Waals surface area contributed by atoms with Gasteiger partial charge in [-0.1, -0.05) is 0 Å². The molecule has 2 atom stereocenters. The van der Waals surface area contributed by atoms with Crippen molar-refractivity contribution in [2.45, 2.75) is 32.9 Å². The molecule has 1 aliphatic rings. The van der Waals surface area contributed by atoms with Gasteiger partial charge in [0.15, 0.2) is 0 Å². The second-order valence-electron chi connectivity index (χ2n) is 3.59. The molecule has 1 saturated heterocycles. The van der Waals surface area contributed by atoms with Crippen LogP contribution in [-0.4, -0.2) is 47.6 Å². The highest BCUT2D eigenvalue weighted by Crippen LogP contribution is 2.18. The topological polar surface area (TPSA) is 29.5 Å². The normalized spacial score (nSPS) is 25.8. The van der Waals surface area contributed by atoms with Crippen LogP contribution >= 0.6 is 11.8 Å². The van der Waals surface area contributed by atoms with Crippen LogP contribution in [0.15, 0.2) is 0 Å². The predicted molar refractivity (Wildman–Crippen MR) is 59.6 cm³/mol. The Morgan fingerprint density at radius 2 is 2.43 bits per heavy atom. The van der Waals surface area contributed by atoms with E-state index in [1.54, 1.807) is 0 Å². The van der Waals surface area contributed by atoms with E-state index in [9.17, 15) is 4.79 Å². The van der Waals surface area contributed by atoms with Crippen molar-refractivity contribution in [2.75, 3.05) is 24.7 Å². The van der Waals surface area contributed by atoms with E-state index in [1.165, 1.54) is 0 Å². The molecule has 0 radical (unpaired) electrons. The molecule has 2 unspecified atom stereocenters. The van der Waals surface area contributed by atoms with E-state index in [0.29, 0.717) is 12.6 Å². The summed E-state index contributed by atoms with van der Waals surface area (Å²) < 4.78 is 5.02. The van der Waals surface area contributed by atoms with Crippen LogP contribution in [0.1, 0.15) is 20.8 Å². The maximum Gasteiger partial charge on any atom is 0.323 e. The van der Waals surface area contributed by atoms with Crippen molar-refractivity contribution in [3.63, 3.8) is 0 Å². The number of carbonyl (C=O) groups excluding carboxylic acids is 1. The van der Waals surface area contributed by atoms with Gasteiger partial charge in [-0.15, -0.1) is 0 Å². The molecule has 1 aliphatic heterocycles. The number of hydrogen-bond acceptors (Lipinski definition) is 4. The molecule has 0 aliphatic carbocycles. The molecule has 0 saturated carbocycles. The lowest BCUT2D eigenvalue weighted by molar-refractivity contribution is -0.149. The summed E-state index contributed by atoms with van der Waals surface area (Å²) in [4.78, 5) is 13.7. The highest BCUT2D eigenvalue weighted by molar-refractivity contribution is 7.99. The Balaban J connectivity index is 2.48. The quantitative estimate of drug-likeness (QED) is 0.668. The summed E-state index contributed by atoms with van der Waals surface area (Å²) in [6, 6.07) is 0.388. The summed E-state index contributed by atoms with van der Waals surface area (Å²) in [6.45, 7) is 7.42. The van der Waals surface area contributed by atoms with Crippen LogP contribution in [0.5, 0.6) is 0 Å². The summed E-state index contributed by atoms with van der Waals surface area (Å²) in [6.07, 6.45) is 0. The lowest BCUT2D eigenvalue weighted by Gasteiger charge is -2.36. The zero-order valence-electron chi connectivity index (χ0n) is 9.16. The minimum Gasteiger partial charge on any atom is -0.465 e. The van der Waals surface area contributed by atoms with Gasteiger partial charge >= 0.3 is 5.97 Å². The van der Waals surface area contributed by atoms with Crippen LogP contribution in [0.25, 0.3) is 0 Å². The molecule has 0 aromatic carbocycles. The minimum atomic E-state index is -0.0918. The van der Waals surface area contributed by atoms with E-state index in [1.807, 2.05) is 25.6 Å². The molecule has 0 N–H and O–H groups in total. The van der Waals surface area contributed by atoms with E-state index in [-0.39, 0.29) is 12.0 Å². The molecule has 1 rings (SSSR count). The SMILES string of the molecule is CCOC(=O)C(C)N1CCSCC1C. The first kappa shape index (κ1) is 11.9. The average Bonchev–Trinajstić information content (AvgIpc) is 2.18. The summed E-state index contributed by atoms with van der Waals surface area (Å²) >= 11 is 1.96. The number of rotatable bonds is 3. The first-order valence-corrected chi connectivity index (χ1v) is 6.32. The maximum absolute atomic E-state index is 11.5. The second-order valence-corrected chi connectivity index (χ2v) is 4.74. The van der Waals surface area contributed by atoms with Gasteiger partial charge in [-0.05, 0) is 20.8 Å². The van der Waals surface area contributed by atoms with E-state index >= 15 is 0 Å². The first-order chi connectivity index (χ1) is 6.66. The second kappa shape index (κ2) is 5.61. The van der Waals surface area contributed by atoms with Gasteiger partial charge in [0.1, 0.15) is 6.04 Å². The Kier molecular flexibility index (Phi) is 4.75. The number of nitrogens with zero attached hydrogens (tertiary/aromatic N) is 1. The molecular weight excluding hydrogens is 198 g/mol. The molecule has 0 bridgehead atoms. The number of thioether (sulfide) groups is 1. The van der Waals surface area contributed by atoms with E-state index in [2.05, 4.69) is 11.8 Å². The summed E-state index contributed by atoms with van der Waals surface area (Å²) in [5, 5.41) is 0. The Bertz CT molecular complexity index is 199.